The Balaban J connectivity index is 1.95. The molecule has 116 valence electrons. The summed E-state index contributed by atoms with van der Waals surface area (Å²) in [5.74, 6) is 0.697. The number of aromatic hydroxyl groups is 1. The number of aryl methyl sites for hydroxylation is 1. The Morgan fingerprint density at radius 1 is 1.35 bits per heavy atom. The maximum atomic E-state index is 12.6. The molecule has 2 heterocycles. The SMILES string of the molecule is C=C(N)/C=C\c1oc(C(=O)c2cc3cc(O)ccc3[nH]2)cc1C. The summed E-state index contributed by atoms with van der Waals surface area (Å²) >= 11 is 0. The Morgan fingerprint density at radius 2 is 2.13 bits per heavy atom. The molecular weight excluding hydrogens is 292 g/mol. The molecule has 0 amide bonds. The van der Waals surface area contributed by atoms with Crippen LogP contribution in [0, 0.1) is 6.92 Å². The number of H-pyrrole nitrogens is 1. The lowest BCUT2D eigenvalue weighted by atomic mass is 10.2. The largest absolute Gasteiger partial charge is 0.508 e. The summed E-state index contributed by atoms with van der Waals surface area (Å²) in [6.45, 7) is 5.43. The van der Waals surface area contributed by atoms with E-state index in [4.69, 9.17) is 10.2 Å². The fraction of sp³-hybridized carbons (Fsp3) is 0.0556. The lowest BCUT2D eigenvalue weighted by molar-refractivity contribution is 0.100. The lowest BCUT2D eigenvalue weighted by Crippen LogP contribution is -1.99. The monoisotopic (exact) mass is 308 g/mol. The van der Waals surface area contributed by atoms with Crippen molar-refractivity contribution >= 4 is 22.8 Å². The predicted molar refractivity (Wildman–Crippen MR) is 89.2 cm³/mol. The molecule has 4 N–H and O–H groups in total. The number of aromatic amines is 1. The summed E-state index contributed by atoms with van der Waals surface area (Å²) in [7, 11) is 0. The minimum absolute atomic E-state index is 0.152. The van der Waals surface area contributed by atoms with Crippen molar-refractivity contribution in [3.8, 4) is 5.75 Å². The summed E-state index contributed by atoms with van der Waals surface area (Å²) in [5, 5.41) is 10.3. The van der Waals surface area contributed by atoms with Gasteiger partial charge in [-0.25, -0.2) is 0 Å². The second kappa shape index (κ2) is 5.53. The van der Waals surface area contributed by atoms with Gasteiger partial charge in [0.15, 0.2) is 5.76 Å². The highest BCUT2D eigenvalue weighted by Crippen LogP contribution is 2.24. The molecule has 0 atom stereocenters. The van der Waals surface area contributed by atoms with Crippen molar-refractivity contribution in [2.45, 2.75) is 6.92 Å². The smallest absolute Gasteiger partial charge is 0.244 e. The molecule has 0 fully saturated rings. The maximum Gasteiger partial charge on any atom is 0.244 e. The van der Waals surface area contributed by atoms with Crippen molar-refractivity contribution in [2.24, 2.45) is 5.73 Å². The molecule has 0 aliphatic rings. The van der Waals surface area contributed by atoms with E-state index in [1.54, 1.807) is 42.5 Å². The minimum atomic E-state index is -0.255. The molecule has 0 saturated carbocycles. The zero-order chi connectivity index (χ0) is 16.6. The maximum absolute atomic E-state index is 12.6. The summed E-state index contributed by atoms with van der Waals surface area (Å²) in [5.41, 5.74) is 7.90. The molecule has 2 aromatic heterocycles. The van der Waals surface area contributed by atoms with Crippen LogP contribution in [0.4, 0.5) is 0 Å². The van der Waals surface area contributed by atoms with Gasteiger partial charge in [-0.2, -0.15) is 0 Å². The van der Waals surface area contributed by atoms with E-state index in [0.717, 1.165) is 16.5 Å². The molecule has 5 heteroatoms. The molecule has 5 nitrogen and oxygen atoms in total. The van der Waals surface area contributed by atoms with Gasteiger partial charge in [0.05, 0.1) is 5.69 Å². The van der Waals surface area contributed by atoms with E-state index in [2.05, 4.69) is 11.6 Å². The van der Waals surface area contributed by atoms with E-state index in [-0.39, 0.29) is 17.3 Å². The molecule has 0 radical (unpaired) electrons. The molecule has 1 aromatic carbocycles. The number of furan rings is 1. The van der Waals surface area contributed by atoms with Crippen molar-refractivity contribution in [1.82, 2.24) is 4.98 Å². The van der Waals surface area contributed by atoms with Crippen molar-refractivity contribution in [3.05, 3.63) is 71.5 Å². The van der Waals surface area contributed by atoms with Gasteiger partial charge in [-0.15, -0.1) is 0 Å². The number of hydrogen-bond acceptors (Lipinski definition) is 4. The van der Waals surface area contributed by atoms with Crippen molar-refractivity contribution in [2.75, 3.05) is 0 Å². The van der Waals surface area contributed by atoms with Gasteiger partial charge in [-0.05, 0) is 55.0 Å². The highest BCUT2D eigenvalue weighted by atomic mass is 16.3. The van der Waals surface area contributed by atoms with Crippen molar-refractivity contribution in [3.63, 3.8) is 0 Å². The third-order valence-electron chi connectivity index (χ3n) is 3.48. The Kier molecular flexibility index (Phi) is 3.54. The summed E-state index contributed by atoms with van der Waals surface area (Å²) in [6, 6.07) is 8.25. The van der Waals surface area contributed by atoms with Crippen LogP contribution in [0.1, 0.15) is 27.6 Å². The van der Waals surface area contributed by atoms with Crippen LogP contribution in [0.2, 0.25) is 0 Å². The molecule has 0 bridgehead atoms. The molecular formula is C18H16N2O3. The topological polar surface area (TPSA) is 92.2 Å². The summed E-state index contributed by atoms with van der Waals surface area (Å²) < 4.78 is 5.60. The van der Waals surface area contributed by atoms with Crippen LogP contribution >= 0.6 is 0 Å². The molecule has 3 aromatic rings. The van der Waals surface area contributed by atoms with Gasteiger partial charge in [0.25, 0.3) is 0 Å². The Labute approximate surface area is 132 Å². The van der Waals surface area contributed by atoms with E-state index in [1.807, 2.05) is 6.92 Å². The van der Waals surface area contributed by atoms with Crippen LogP contribution in [0.3, 0.4) is 0 Å². The Morgan fingerprint density at radius 3 is 2.87 bits per heavy atom. The first-order chi connectivity index (χ1) is 10.9. The number of benzene rings is 1. The second-order valence-electron chi connectivity index (χ2n) is 5.35. The van der Waals surface area contributed by atoms with Gasteiger partial charge in [-0.3, -0.25) is 4.79 Å². The van der Waals surface area contributed by atoms with Crippen LogP contribution in [-0.4, -0.2) is 15.9 Å². The standard InChI is InChI=1S/C18H16N2O3/c1-10-7-17(23-16(10)6-3-11(2)19)18(22)15-9-12-8-13(21)4-5-14(12)20-15/h3-9,20-21H,2,19H2,1H3/b6-3-. The first-order valence-corrected chi connectivity index (χ1v) is 7.03. The van der Waals surface area contributed by atoms with E-state index in [1.165, 1.54) is 0 Å². The Hall–Kier alpha value is -3.21. The first kappa shape index (κ1) is 14.7. The van der Waals surface area contributed by atoms with E-state index < -0.39 is 0 Å². The highest BCUT2D eigenvalue weighted by molar-refractivity contribution is 6.08. The molecule has 3 rings (SSSR count). The number of ketones is 1. The van der Waals surface area contributed by atoms with Crippen LogP contribution < -0.4 is 5.73 Å². The number of nitrogens with one attached hydrogen (secondary N) is 1. The van der Waals surface area contributed by atoms with Gasteiger partial charge in [0.1, 0.15) is 11.5 Å². The lowest BCUT2D eigenvalue weighted by Gasteiger charge is -1.93. The number of phenolic OH excluding ortho intramolecular Hbond substituents is 1. The number of fused-ring (bicyclic) bond motifs is 1. The van der Waals surface area contributed by atoms with E-state index >= 15 is 0 Å². The average Bonchev–Trinajstić information content (AvgIpc) is 3.07. The molecule has 0 aliphatic carbocycles. The van der Waals surface area contributed by atoms with Crippen LogP contribution in [0.15, 0.2) is 53.1 Å². The number of carbonyl (C=O) groups excluding carboxylic acids is 1. The third kappa shape index (κ3) is 2.89. The number of hydrogen-bond donors (Lipinski definition) is 3. The van der Waals surface area contributed by atoms with Crippen LogP contribution in [-0.2, 0) is 0 Å². The van der Waals surface area contributed by atoms with Crippen LogP contribution in [0.25, 0.3) is 17.0 Å². The molecule has 0 aliphatic heterocycles. The zero-order valence-electron chi connectivity index (χ0n) is 12.6. The summed E-state index contributed by atoms with van der Waals surface area (Å²) in [4.78, 5) is 15.6. The van der Waals surface area contributed by atoms with E-state index in [9.17, 15) is 9.90 Å². The molecule has 0 spiro atoms. The highest BCUT2D eigenvalue weighted by Gasteiger charge is 2.17. The fourth-order valence-corrected chi connectivity index (χ4v) is 2.33. The first-order valence-electron chi connectivity index (χ1n) is 7.03. The molecule has 23 heavy (non-hydrogen) atoms. The Bertz CT molecular complexity index is 944. The van der Waals surface area contributed by atoms with E-state index in [0.29, 0.717) is 17.2 Å². The van der Waals surface area contributed by atoms with Crippen molar-refractivity contribution in [1.29, 1.82) is 0 Å². The van der Waals surface area contributed by atoms with Gasteiger partial charge in [0.2, 0.25) is 5.78 Å². The quantitative estimate of drug-likeness (QED) is 0.508. The average molecular weight is 308 g/mol. The molecule has 0 saturated heterocycles. The van der Waals surface area contributed by atoms with Gasteiger partial charge < -0.3 is 20.2 Å². The predicted octanol–water partition coefficient (Wildman–Crippen LogP) is 3.49. The number of aromatic nitrogens is 1. The third-order valence-corrected chi connectivity index (χ3v) is 3.48. The number of nitrogens with two attached hydrogens (primary N) is 1. The number of rotatable bonds is 4. The van der Waals surface area contributed by atoms with Crippen LogP contribution in [0.5, 0.6) is 5.75 Å². The van der Waals surface area contributed by atoms with Gasteiger partial charge >= 0.3 is 0 Å². The normalized spacial score (nSPS) is 11.3. The minimum Gasteiger partial charge on any atom is -0.508 e. The number of phenols is 1. The molecule has 0 unspecified atom stereocenters. The second-order valence-corrected chi connectivity index (χ2v) is 5.35. The summed E-state index contributed by atoms with van der Waals surface area (Å²) in [6.07, 6.45) is 3.30. The zero-order valence-corrected chi connectivity index (χ0v) is 12.6. The van der Waals surface area contributed by atoms with Crippen molar-refractivity contribution < 1.29 is 14.3 Å². The van der Waals surface area contributed by atoms with Gasteiger partial charge in [0, 0.05) is 16.6 Å². The van der Waals surface area contributed by atoms with Gasteiger partial charge in [-0.1, -0.05) is 6.58 Å². The fourth-order valence-electron chi connectivity index (χ4n) is 2.33. The number of allylic oxidation sites excluding steroid dienone is 1. The number of carbonyl (C=O) groups is 1.